The number of nitrogens with zero attached hydrogens (tertiary/aromatic N) is 5. The second-order valence-corrected chi connectivity index (χ2v) is 12.0. The zero-order chi connectivity index (χ0) is 30.4. The molecule has 3 heterocycles. The predicted octanol–water partition coefficient (Wildman–Crippen LogP) is 4.25. The third-order valence-corrected chi connectivity index (χ3v) is 9.24. The van der Waals surface area contributed by atoms with E-state index in [1.807, 2.05) is 0 Å². The zero-order valence-electron chi connectivity index (χ0n) is 21.9. The molecule has 1 amide bonds. The third kappa shape index (κ3) is 5.68. The number of amides is 1. The van der Waals surface area contributed by atoms with Crippen LogP contribution in [0.25, 0.3) is 11.3 Å². The number of benzene rings is 1. The van der Waals surface area contributed by atoms with Crippen molar-refractivity contribution in [1.29, 1.82) is 5.26 Å². The van der Waals surface area contributed by atoms with E-state index in [2.05, 4.69) is 26.3 Å². The molecule has 1 saturated carbocycles. The van der Waals surface area contributed by atoms with Crippen molar-refractivity contribution in [3.63, 3.8) is 0 Å². The monoisotopic (exact) mass is 606 g/mol. The van der Waals surface area contributed by atoms with Gasteiger partial charge in [0.2, 0.25) is 21.8 Å². The predicted molar refractivity (Wildman–Crippen MR) is 137 cm³/mol. The fourth-order valence-corrected chi connectivity index (χ4v) is 6.70. The van der Waals surface area contributed by atoms with Gasteiger partial charge in [0.15, 0.2) is 0 Å². The van der Waals surface area contributed by atoms with Crippen molar-refractivity contribution in [3.8, 4) is 17.3 Å². The second-order valence-electron chi connectivity index (χ2n) is 10.1. The Labute approximate surface area is 237 Å². The van der Waals surface area contributed by atoms with Gasteiger partial charge in [-0.25, -0.2) is 27.2 Å². The van der Waals surface area contributed by atoms with E-state index in [-0.39, 0.29) is 39.7 Å². The Morgan fingerprint density at radius 3 is 2.38 bits per heavy atom. The Hall–Kier alpha value is -4.03. The SMILES string of the molecule is CC1C(F)CC(C(=O)NCc2cc(-c3cnc(C(F)(F)F)nc3)nc(C3CC3)c2C#N)N1S(=O)(=O)c1ccc(F)cc1. The molecule has 1 saturated heterocycles. The van der Waals surface area contributed by atoms with Crippen LogP contribution in [0.5, 0.6) is 0 Å². The number of rotatable bonds is 7. The van der Waals surface area contributed by atoms with Crippen LogP contribution in [0, 0.1) is 17.1 Å². The Bertz CT molecular complexity index is 1660. The van der Waals surface area contributed by atoms with Crippen LogP contribution in [0.3, 0.4) is 0 Å². The van der Waals surface area contributed by atoms with E-state index < -0.39 is 58.4 Å². The number of carbonyl (C=O) groups excluding carboxylic acids is 1. The van der Waals surface area contributed by atoms with Crippen LogP contribution in [0.2, 0.25) is 0 Å². The van der Waals surface area contributed by atoms with E-state index in [0.717, 1.165) is 53.8 Å². The quantitative estimate of drug-likeness (QED) is 0.398. The Morgan fingerprint density at radius 1 is 1.17 bits per heavy atom. The highest BCUT2D eigenvalue weighted by molar-refractivity contribution is 7.89. The van der Waals surface area contributed by atoms with Crippen LogP contribution >= 0.6 is 0 Å². The van der Waals surface area contributed by atoms with Crippen molar-refractivity contribution >= 4 is 15.9 Å². The summed E-state index contributed by atoms with van der Waals surface area (Å²) in [5.41, 5.74) is 1.22. The summed E-state index contributed by atoms with van der Waals surface area (Å²) in [4.78, 5) is 24.2. The Balaban J connectivity index is 1.43. The highest BCUT2D eigenvalue weighted by atomic mass is 32.2. The first-order valence-electron chi connectivity index (χ1n) is 12.9. The van der Waals surface area contributed by atoms with Crippen molar-refractivity contribution in [3.05, 3.63) is 71.2 Å². The molecule has 15 heteroatoms. The molecule has 3 aromatic rings. The molecule has 2 aromatic heterocycles. The molecule has 0 bridgehead atoms. The lowest BCUT2D eigenvalue weighted by molar-refractivity contribution is -0.145. The molecule has 5 rings (SSSR count). The number of nitrogens with one attached hydrogen (secondary N) is 1. The topological polar surface area (TPSA) is 129 Å². The van der Waals surface area contributed by atoms with E-state index in [4.69, 9.17) is 0 Å². The smallest absolute Gasteiger partial charge is 0.351 e. The van der Waals surface area contributed by atoms with Crippen molar-refractivity contribution in [2.45, 2.75) is 68.0 Å². The lowest BCUT2D eigenvalue weighted by Crippen LogP contribution is -2.48. The molecule has 42 heavy (non-hydrogen) atoms. The average molecular weight is 607 g/mol. The molecule has 2 aliphatic rings. The van der Waals surface area contributed by atoms with Crippen molar-refractivity contribution in [2.24, 2.45) is 0 Å². The fourth-order valence-electron chi connectivity index (χ4n) is 4.89. The van der Waals surface area contributed by atoms with Gasteiger partial charge in [0.05, 0.1) is 27.9 Å². The highest BCUT2D eigenvalue weighted by Crippen LogP contribution is 2.42. The summed E-state index contributed by atoms with van der Waals surface area (Å²) < 4.78 is 94.4. The second kappa shape index (κ2) is 11.0. The van der Waals surface area contributed by atoms with Crippen molar-refractivity contribution < 1.29 is 35.2 Å². The summed E-state index contributed by atoms with van der Waals surface area (Å²) in [6.07, 6.45) is -3.40. The van der Waals surface area contributed by atoms with E-state index in [1.54, 1.807) is 0 Å². The van der Waals surface area contributed by atoms with E-state index in [9.17, 15) is 40.4 Å². The van der Waals surface area contributed by atoms with Gasteiger partial charge in [-0.2, -0.15) is 22.7 Å². The van der Waals surface area contributed by atoms with Gasteiger partial charge in [0.1, 0.15) is 24.1 Å². The lowest BCUT2D eigenvalue weighted by Gasteiger charge is -2.27. The molecule has 2 fully saturated rings. The maximum absolute atomic E-state index is 14.8. The Morgan fingerprint density at radius 2 is 1.81 bits per heavy atom. The molecule has 1 aliphatic carbocycles. The molecule has 220 valence electrons. The number of sulfonamides is 1. The summed E-state index contributed by atoms with van der Waals surface area (Å²) in [6.45, 7) is 1.06. The standard InChI is InChI=1S/C27H23F5N6O3S/c1-14-21(29)9-23(38(14)42(40,41)19-6-4-18(28)5-7-19)25(39)34-11-16-8-22(37-24(15-2-3-15)20(16)10-33)17-12-35-26(36-13-17)27(30,31)32/h4-8,12-15,21,23H,2-3,9,11H2,1H3,(H,34,39). The average Bonchev–Trinajstić information content (AvgIpc) is 3.75. The van der Waals surface area contributed by atoms with Gasteiger partial charge in [-0.05, 0) is 55.7 Å². The fraction of sp³-hybridized carbons (Fsp3) is 0.370. The largest absolute Gasteiger partial charge is 0.451 e. The number of alkyl halides is 4. The van der Waals surface area contributed by atoms with Gasteiger partial charge < -0.3 is 5.32 Å². The van der Waals surface area contributed by atoms with Gasteiger partial charge in [0.25, 0.3) is 0 Å². The Kier molecular flexibility index (Phi) is 7.71. The number of aromatic nitrogens is 3. The first-order chi connectivity index (χ1) is 19.8. The van der Waals surface area contributed by atoms with E-state index >= 15 is 0 Å². The van der Waals surface area contributed by atoms with Gasteiger partial charge >= 0.3 is 6.18 Å². The van der Waals surface area contributed by atoms with Crippen LogP contribution in [-0.2, 0) is 27.5 Å². The third-order valence-electron chi connectivity index (χ3n) is 7.23. The summed E-state index contributed by atoms with van der Waals surface area (Å²) in [5.74, 6) is -2.86. The first kappa shape index (κ1) is 29.5. The molecule has 9 nitrogen and oxygen atoms in total. The normalized spacial score (nSPS) is 21.2. The summed E-state index contributed by atoms with van der Waals surface area (Å²) >= 11 is 0. The van der Waals surface area contributed by atoms with Gasteiger partial charge in [-0.15, -0.1) is 0 Å². The molecular formula is C27H23F5N6O3S. The molecule has 0 radical (unpaired) electrons. The number of pyridine rings is 1. The van der Waals surface area contributed by atoms with Gasteiger partial charge in [-0.1, -0.05) is 0 Å². The molecule has 0 spiro atoms. The number of carbonyl (C=O) groups is 1. The lowest BCUT2D eigenvalue weighted by atomic mass is 10.0. The molecule has 3 atom stereocenters. The molecule has 1 aliphatic heterocycles. The van der Waals surface area contributed by atoms with Crippen LogP contribution in [-0.4, -0.2) is 51.8 Å². The van der Waals surface area contributed by atoms with E-state index in [0.29, 0.717) is 5.69 Å². The summed E-state index contributed by atoms with van der Waals surface area (Å²) in [6, 6.07) is 4.82. The van der Waals surface area contributed by atoms with E-state index in [1.165, 1.54) is 13.0 Å². The number of hydrogen-bond donors (Lipinski definition) is 1. The first-order valence-corrected chi connectivity index (χ1v) is 14.3. The minimum Gasteiger partial charge on any atom is -0.351 e. The number of nitriles is 1. The maximum Gasteiger partial charge on any atom is 0.451 e. The minimum absolute atomic E-state index is 0.0521. The summed E-state index contributed by atoms with van der Waals surface area (Å²) in [5, 5.41) is 12.5. The van der Waals surface area contributed by atoms with Crippen molar-refractivity contribution in [2.75, 3.05) is 0 Å². The minimum atomic E-state index is -4.74. The van der Waals surface area contributed by atoms with Crippen LogP contribution in [0.1, 0.15) is 54.7 Å². The highest BCUT2D eigenvalue weighted by Gasteiger charge is 2.49. The number of hydrogen-bond acceptors (Lipinski definition) is 7. The molecule has 3 unspecified atom stereocenters. The zero-order valence-corrected chi connectivity index (χ0v) is 22.8. The summed E-state index contributed by atoms with van der Waals surface area (Å²) in [7, 11) is -4.38. The van der Waals surface area contributed by atoms with Gasteiger partial charge in [-0.3, -0.25) is 9.78 Å². The van der Waals surface area contributed by atoms with Crippen LogP contribution in [0.4, 0.5) is 22.0 Å². The molecule has 1 aromatic carbocycles. The molecular weight excluding hydrogens is 583 g/mol. The maximum atomic E-state index is 14.8. The molecule has 1 N–H and O–H groups in total. The van der Waals surface area contributed by atoms with Crippen LogP contribution < -0.4 is 5.32 Å². The number of halogens is 5. The van der Waals surface area contributed by atoms with Crippen molar-refractivity contribution in [1.82, 2.24) is 24.6 Å². The van der Waals surface area contributed by atoms with Crippen LogP contribution in [0.15, 0.2) is 47.6 Å². The van der Waals surface area contributed by atoms with Gasteiger partial charge in [0, 0.05) is 36.8 Å².